The molecule has 1 aromatic carbocycles. The van der Waals surface area contributed by atoms with Crippen LogP contribution in [0, 0.1) is 13.8 Å². The van der Waals surface area contributed by atoms with Gasteiger partial charge < -0.3 is 15.5 Å². The molecular formula is C18H25N5O2. The van der Waals surface area contributed by atoms with Crippen LogP contribution >= 0.6 is 0 Å². The molecule has 0 bridgehead atoms. The summed E-state index contributed by atoms with van der Waals surface area (Å²) >= 11 is 0. The van der Waals surface area contributed by atoms with Crippen LogP contribution in [0.25, 0.3) is 11.0 Å². The summed E-state index contributed by atoms with van der Waals surface area (Å²) in [7, 11) is 0. The number of carbonyl (C=O) groups is 2. The largest absolute Gasteiger partial charge is 0.350 e. The van der Waals surface area contributed by atoms with E-state index in [2.05, 4.69) is 20.6 Å². The summed E-state index contributed by atoms with van der Waals surface area (Å²) < 4.78 is 0. The fourth-order valence-corrected chi connectivity index (χ4v) is 2.44. The number of rotatable bonds is 6. The minimum atomic E-state index is -0.195. The van der Waals surface area contributed by atoms with Crippen molar-refractivity contribution in [3.05, 3.63) is 35.2 Å². The molecular weight excluding hydrogens is 318 g/mol. The van der Waals surface area contributed by atoms with E-state index in [1.54, 1.807) is 23.1 Å². The van der Waals surface area contributed by atoms with E-state index in [-0.39, 0.29) is 11.9 Å². The molecule has 2 aromatic rings. The van der Waals surface area contributed by atoms with E-state index < -0.39 is 0 Å². The number of aromatic nitrogens is 2. The van der Waals surface area contributed by atoms with Gasteiger partial charge in [-0.25, -0.2) is 14.8 Å². The fraction of sp³-hybridized carbons (Fsp3) is 0.444. The molecule has 0 unspecified atom stereocenters. The molecule has 2 rings (SSSR count). The maximum atomic E-state index is 12.2. The summed E-state index contributed by atoms with van der Waals surface area (Å²) in [5.74, 6) is -0.195. The van der Waals surface area contributed by atoms with Crippen LogP contribution in [0.1, 0.15) is 35.6 Å². The lowest BCUT2D eigenvalue weighted by atomic mass is 10.1. The van der Waals surface area contributed by atoms with Gasteiger partial charge in [-0.05, 0) is 45.9 Å². The van der Waals surface area contributed by atoms with Gasteiger partial charge in [-0.15, -0.1) is 0 Å². The first-order chi connectivity index (χ1) is 12.0. The number of carbonyl (C=O) groups excluding carboxylic acids is 2. The predicted molar refractivity (Wildman–Crippen MR) is 97.7 cm³/mol. The fourth-order valence-electron chi connectivity index (χ4n) is 2.44. The minimum absolute atomic E-state index is 0.119. The van der Waals surface area contributed by atoms with Gasteiger partial charge in [0.15, 0.2) is 0 Å². The van der Waals surface area contributed by atoms with Gasteiger partial charge in [0.1, 0.15) is 0 Å². The van der Waals surface area contributed by atoms with Crippen molar-refractivity contribution in [2.75, 3.05) is 26.2 Å². The highest BCUT2D eigenvalue weighted by Gasteiger charge is 2.10. The molecule has 0 aliphatic rings. The van der Waals surface area contributed by atoms with E-state index >= 15 is 0 Å². The quantitative estimate of drug-likeness (QED) is 0.786. The Kier molecular flexibility index (Phi) is 6.27. The average molecular weight is 343 g/mol. The van der Waals surface area contributed by atoms with E-state index in [4.69, 9.17) is 0 Å². The Bertz CT molecular complexity index is 771. The van der Waals surface area contributed by atoms with Crippen molar-refractivity contribution in [1.82, 2.24) is 25.5 Å². The summed E-state index contributed by atoms with van der Waals surface area (Å²) in [5.41, 5.74) is 3.73. The number of amides is 3. The highest BCUT2D eigenvalue weighted by atomic mass is 16.2. The van der Waals surface area contributed by atoms with Crippen LogP contribution in [-0.2, 0) is 0 Å². The zero-order chi connectivity index (χ0) is 18.4. The molecule has 2 N–H and O–H groups in total. The Labute approximate surface area is 147 Å². The second-order valence-electron chi connectivity index (χ2n) is 5.76. The molecule has 0 atom stereocenters. The van der Waals surface area contributed by atoms with Crippen LogP contribution < -0.4 is 10.6 Å². The number of nitrogens with one attached hydrogen (secondary N) is 2. The van der Waals surface area contributed by atoms with E-state index in [1.165, 1.54) is 0 Å². The molecule has 7 heteroatoms. The van der Waals surface area contributed by atoms with Crippen molar-refractivity contribution < 1.29 is 9.59 Å². The average Bonchev–Trinajstić information content (AvgIpc) is 2.60. The van der Waals surface area contributed by atoms with E-state index in [9.17, 15) is 9.59 Å². The van der Waals surface area contributed by atoms with E-state index in [0.29, 0.717) is 37.3 Å². The number of urea groups is 1. The van der Waals surface area contributed by atoms with Gasteiger partial charge in [-0.3, -0.25) is 4.79 Å². The Morgan fingerprint density at radius 1 is 0.960 bits per heavy atom. The van der Waals surface area contributed by atoms with Crippen LogP contribution in [0.15, 0.2) is 18.2 Å². The summed E-state index contributed by atoms with van der Waals surface area (Å²) in [6.45, 7) is 9.72. The Hall–Kier alpha value is -2.70. The number of nitrogens with zero attached hydrogens (tertiary/aromatic N) is 3. The molecule has 3 amide bonds. The third kappa shape index (κ3) is 4.65. The Morgan fingerprint density at radius 3 is 2.20 bits per heavy atom. The summed E-state index contributed by atoms with van der Waals surface area (Å²) in [5, 5.41) is 5.58. The monoisotopic (exact) mass is 343 g/mol. The normalized spacial score (nSPS) is 10.6. The number of aryl methyl sites for hydroxylation is 2. The second kappa shape index (κ2) is 8.41. The molecule has 25 heavy (non-hydrogen) atoms. The molecule has 0 saturated carbocycles. The van der Waals surface area contributed by atoms with Gasteiger partial charge in [0.05, 0.1) is 22.4 Å². The molecule has 1 heterocycles. The molecule has 134 valence electrons. The van der Waals surface area contributed by atoms with Crippen molar-refractivity contribution in [3.63, 3.8) is 0 Å². The zero-order valence-electron chi connectivity index (χ0n) is 15.2. The summed E-state index contributed by atoms with van der Waals surface area (Å²) in [4.78, 5) is 34.7. The van der Waals surface area contributed by atoms with Crippen LogP contribution in [0.3, 0.4) is 0 Å². The zero-order valence-corrected chi connectivity index (χ0v) is 15.2. The summed E-state index contributed by atoms with van der Waals surface area (Å²) in [6.07, 6.45) is 0. The highest BCUT2D eigenvalue weighted by Crippen LogP contribution is 2.14. The lowest BCUT2D eigenvalue weighted by Gasteiger charge is -2.19. The van der Waals surface area contributed by atoms with Crippen molar-refractivity contribution >= 4 is 23.0 Å². The lowest BCUT2D eigenvalue weighted by Crippen LogP contribution is -2.42. The van der Waals surface area contributed by atoms with Gasteiger partial charge in [-0.1, -0.05) is 0 Å². The van der Waals surface area contributed by atoms with E-state index in [0.717, 1.165) is 16.9 Å². The van der Waals surface area contributed by atoms with Crippen molar-refractivity contribution in [3.8, 4) is 0 Å². The number of hydrogen-bond donors (Lipinski definition) is 2. The van der Waals surface area contributed by atoms with E-state index in [1.807, 2.05) is 27.7 Å². The molecule has 0 spiro atoms. The molecule has 0 radical (unpaired) electrons. The third-order valence-electron chi connectivity index (χ3n) is 4.07. The van der Waals surface area contributed by atoms with Crippen molar-refractivity contribution in [1.29, 1.82) is 0 Å². The van der Waals surface area contributed by atoms with Crippen molar-refractivity contribution in [2.45, 2.75) is 27.7 Å². The van der Waals surface area contributed by atoms with Crippen LogP contribution in [0.4, 0.5) is 4.79 Å². The lowest BCUT2D eigenvalue weighted by molar-refractivity contribution is 0.0953. The smallest absolute Gasteiger partial charge is 0.317 e. The Balaban J connectivity index is 1.92. The molecule has 0 saturated heterocycles. The van der Waals surface area contributed by atoms with Crippen LogP contribution in [0.5, 0.6) is 0 Å². The van der Waals surface area contributed by atoms with Crippen LogP contribution in [-0.4, -0.2) is 53.0 Å². The molecule has 1 aromatic heterocycles. The van der Waals surface area contributed by atoms with Gasteiger partial charge in [-0.2, -0.15) is 0 Å². The summed E-state index contributed by atoms with van der Waals surface area (Å²) in [6, 6.07) is 5.14. The number of benzene rings is 1. The van der Waals surface area contributed by atoms with Gasteiger partial charge in [0.2, 0.25) is 0 Å². The maximum Gasteiger partial charge on any atom is 0.317 e. The minimum Gasteiger partial charge on any atom is -0.350 e. The molecule has 0 aliphatic heterocycles. The van der Waals surface area contributed by atoms with Crippen molar-refractivity contribution in [2.24, 2.45) is 0 Å². The molecule has 7 nitrogen and oxygen atoms in total. The first-order valence-electron chi connectivity index (χ1n) is 8.52. The second-order valence-corrected chi connectivity index (χ2v) is 5.76. The van der Waals surface area contributed by atoms with Gasteiger partial charge in [0.25, 0.3) is 5.91 Å². The third-order valence-corrected chi connectivity index (χ3v) is 4.07. The predicted octanol–water partition coefficient (Wildman–Crippen LogP) is 2.03. The molecule has 0 fully saturated rings. The van der Waals surface area contributed by atoms with Gasteiger partial charge in [0, 0.05) is 31.7 Å². The van der Waals surface area contributed by atoms with Crippen LogP contribution in [0.2, 0.25) is 0 Å². The highest BCUT2D eigenvalue weighted by molar-refractivity contribution is 5.97. The molecule has 0 aliphatic carbocycles. The standard InChI is InChI=1S/C18H25N5O2/c1-5-23(6-2)18(25)20-10-9-19-17(24)14-7-8-15-16(11-14)22-13(4)12(3)21-15/h7-8,11H,5-6,9-10H2,1-4H3,(H,19,24)(H,20,25). The first kappa shape index (κ1) is 18.6. The number of fused-ring (bicyclic) bond motifs is 1. The Morgan fingerprint density at radius 2 is 1.56 bits per heavy atom. The number of hydrogen-bond acceptors (Lipinski definition) is 4. The first-order valence-corrected chi connectivity index (χ1v) is 8.52. The SMILES string of the molecule is CCN(CC)C(=O)NCCNC(=O)c1ccc2nc(C)c(C)nc2c1. The maximum absolute atomic E-state index is 12.2. The topological polar surface area (TPSA) is 87.2 Å². The van der Waals surface area contributed by atoms with Gasteiger partial charge >= 0.3 is 6.03 Å².